The maximum absolute atomic E-state index is 14.0. The number of nitrogens with zero attached hydrogens (tertiary/aromatic N) is 2. The Balaban J connectivity index is 1.36. The molecule has 3 aromatic rings. The number of ether oxygens (including phenoxy) is 2. The maximum atomic E-state index is 14.0. The summed E-state index contributed by atoms with van der Waals surface area (Å²) in [5.74, 6) is -1.10. The van der Waals surface area contributed by atoms with Gasteiger partial charge in [0.05, 0.1) is 12.1 Å². The van der Waals surface area contributed by atoms with Crippen molar-refractivity contribution in [2.75, 3.05) is 6.61 Å². The third-order valence-corrected chi connectivity index (χ3v) is 9.08. The van der Waals surface area contributed by atoms with Crippen LogP contribution in [0.1, 0.15) is 90.8 Å². The second kappa shape index (κ2) is 12.4. The van der Waals surface area contributed by atoms with Crippen molar-refractivity contribution in [1.29, 1.82) is 0 Å². The molecular formula is C35H43N3O6. The number of benzene rings is 2. The summed E-state index contributed by atoms with van der Waals surface area (Å²) in [6.45, 7) is 9.45. The van der Waals surface area contributed by atoms with Gasteiger partial charge in [-0.15, -0.1) is 0 Å². The number of aromatic nitrogens is 1. The fourth-order valence-corrected chi connectivity index (χ4v) is 6.69. The lowest BCUT2D eigenvalue weighted by Crippen LogP contribution is -2.47. The molecule has 2 aliphatic carbocycles. The first-order chi connectivity index (χ1) is 20.9. The molecule has 2 aromatic carbocycles. The molecule has 44 heavy (non-hydrogen) atoms. The van der Waals surface area contributed by atoms with Gasteiger partial charge >= 0.3 is 18.2 Å². The van der Waals surface area contributed by atoms with E-state index in [4.69, 9.17) is 9.47 Å². The third-order valence-electron chi connectivity index (χ3n) is 9.08. The van der Waals surface area contributed by atoms with Crippen molar-refractivity contribution in [2.45, 2.75) is 90.4 Å². The van der Waals surface area contributed by atoms with Crippen LogP contribution in [0.5, 0.6) is 0 Å². The van der Waals surface area contributed by atoms with Crippen LogP contribution >= 0.6 is 0 Å². The van der Waals surface area contributed by atoms with Gasteiger partial charge in [-0.1, -0.05) is 48.5 Å². The van der Waals surface area contributed by atoms with Crippen LogP contribution in [0.4, 0.5) is 9.59 Å². The molecule has 2 N–H and O–H groups in total. The summed E-state index contributed by atoms with van der Waals surface area (Å²) >= 11 is 0. The number of carboxylic acid groups (broad SMARTS) is 1. The molecule has 0 aliphatic heterocycles. The van der Waals surface area contributed by atoms with Gasteiger partial charge in [0.25, 0.3) is 0 Å². The van der Waals surface area contributed by atoms with E-state index < -0.39 is 23.8 Å². The molecule has 5 rings (SSSR count). The molecular weight excluding hydrogens is 558 g/mol. The minimum atomic E-state index is -1.01. The Labute approximate surface area is 259 Å². The summed E-state index contributed by atoms with van der Waals surface area (Å²) in [5, 5.41) is 13.0. The topological polar surface area (TPSA) is 110 Å². The van der Waals surface area contributed by atoms with Crippen LogP contribution in [-0.2, 0) is 23.1 Å². The highest BCUT2D eigenvalue weighted by molar-refractivity contribution is 5.91. The lowest BCUT2D eigenvalue weighted by Gasteiger charge is -2.37. The fourth-order valence-electron chi connectivity index (χ4n) is 6.69. The highest BCUT2D eigenvalue weighted by Crippen LogP contribution is 2.44. The highest BCUT2D eigenvalue weighted by atomic mass is 16.6. The Morgan fingerprint density at radius 3 is 2.05 bits per heavy atom. The number of carbonyl (C=O) groups is 3. The van der Waals surface area contributed by atoms with Crippen molar-refractivity contribution < 1.29 is 29.0 Å². The number of carbonyl (C=O) groups excluding carboxylic acids is 2. The molecule has 1 heterocycles. The van der Waals surface area contributed by atoms with Crippen LogP contribution in [0, 0.1) is 13.8 Å². The van der Waals surface area contributed by atoms with Crippen molar-refractivity contribution in [3.05, 3.63) is 82.2 Å². The van der Waals surface area contributed by atoms with Gasteiger partial charge in [0.15, 0.2) is 0 Å². The van der Waals surface area contributed by atoms with E-state index in [1.807, 2.05) is 63.6 Å². The summed E-state index contributed by atoms with van der Waals surface area (Å²) < 4.78 is 13.4. The zero-order chi connectivity index (χ0) is 31.8. The zero-order valence-electron chi connectivity index (χ0n) is 26.5. The van der Waals surface area contributed by atoms with E-state index in [2.05, 4.69) is 29.6 Å². The van der Waals surface area contributed by atoms with Crippen LogP contribution in [0.3, 0.4) is 0 Å². The van der Waals surface area contributed by atoms with Gasteiger partial charge in [-0.25, -0.2) is 14.4 Å². The van der Waals surface area contributed by atoms with Crippen molar-refractivity contribution in [3.8, 4) is 11.1 Å². The zero-order valence-corrected chi connectivity index (χ0v) is 26.5. The average Bonchev–Trinajstić information content (AvgIpc) is 3.40. The van der Waals surface area contributed by atoms with Crippen LogP contribution in [0.25, 0.3) is 11.1 Å². The van der Waals surface area contributed by atoms with Gasteiger partial charge in [-0.05, 0) is 82.6 Å². The van der Waals surface area contributed by atoms with Crippen LogP contribution in [0.15, 0.2) is 48.5 Å². The molecule has 2 amide bonds. The Bertz CT molecular complexity index is 1520. The van der Waals surface area contributed by atoms with Gasteiger partial charge in [0.1, 0.15) is 12.2 Å². The summed E-state index contributed by atoms with van der Waals surface area (Å²) in [6, 6.07) is 16.2. The Morgan fingerprint density at radius 1 is 0.932 bits per heavy atom. The maximum Gasteiger partial charge on any atom is 0.410 e. The fraction of sp³-hybridized carbons (Fsp3) is 0.457. The summed E-state index contributed by atoms with van der Waals surface area (Å²) in [7, 11) is 1.84. The summed E-state index contributed by atoms with van der Waals surface area (Å²) in [4.78, 5) is 40.4. The van der Waals surface area contributed by atoms with Crippen LogP contribution in [0.2, 0.25) is 0 Å². The van der Waals surface area contributed by atoms with E-state index >= 15 is 0 Å². The number of carboxylic acids is 1. The SMILES string of the molecule is Cc1c(CN(C(=O)OCC2c3ccccc3-c3ccccc32)C2CCC(NC(=O)OC(C)(C)C)CC2)c(C(=O)O)c(C)n1C. The van der Waals surface area contributed by atoms with E-state index in [1.165, 1.54) is 0 Å². The first-order valence-corrected chi connectivity index (χ1v) is 15.3. The molecule has 234 valence electrons. The number of nitrogens with one attached hydrogen (secondary N) is 1. The summed E-state index contributed by atoms with van der Waals surface area (Å²) in [6.07, 6.45) is 1.68. The standard InChI is InChI=1S/C35H43N3O6/c1-21-29(31(32(39)40)22(2)37(21)6)19-38(24-17-15-23(16-18-24)36-33(41)44-35(3,4)5)34(42)43-20-30-27-13-9-7-11-25(27)26-12-8-10-14-28(26)30/h7-14,23-24,30H,15-20H2,1-6H3,(H,36,41)(H,39,40). The molecule has 0 saturated heterocycles. The number of alkyl carbamates (subject to hydrolysis) is 1. The lowest BCUT2D eigenvalue weighted by molar-refractivity contribution is 0.0454. The molecule has 0 unspecified atom stereocenters. The molecule has 2 aliphatic rings. The molecule has 1 aromatic heterocycles. The number of aromatic carboxylic acids is 1. The minimum absolute atomic E-state index is 0.0688. The van der Waals surface area contributed by atoms with Gasteiger partial charge in [0.2, 0.25) is 0 Å². The number of hydrogen-bond acceptors (Lipinski definition) is 5. The molecule has 9 nitrogen and oxygen atoms in total. The largest absolute Gasteiger partial charge is 0.478 e. The number of fused-ring (bicyclic) bond motifs is 3. The second-order valence-corrected chi connectivity index (χ2v) is 13.0. The molecule has 1 saturated carbocycles. The van der Waals surface area contributed by atoms with Crippen molar-refractivity contribution in [2.24, 2.45) is 7.05 Å². The smallest absolute Gasteiger partial charge is 0.410 e. The van der Waals surface area contributed by atoms with E-state index in [0.717, 1.165) is 27.9 Å². The Hall–Kier alpha value is -4.27. The van der Waals surface area contributed by atoms with Gasteiger partial charge in [-0.3, -0.25) is 0 Å². The molecule has 9 heteroatoms. The Morgan fingerprint density at radius 2 is 1.50 bits per heavy atom. The van der Waals surface area contributed by atoms with Gasteiger partial charge < -0.3 is 29.4 Å². The highest BCUT2D eigenvalue weighted by Gasteiger charge is 2.35. The average molecular weight is 602 g/mol. The number of rotatable bonds is 7. The van der Waals surface area contributed by atoms with Crippen LogP contribution < -0.4 is 5.32 Å². The first-order valence-electron chi connectivity index (χ1n) is 15.3. The Kier molecular flexibility index (Phi) is 8.77. The molecule has 0 atom stereocenters. The second-order valence-electron chi connectivity index (χ2n) is 13.0. The van der Waals surface area contributed by atoms with E-state index in [-0.39, 0.29) is 36.7 Å². The van der Waals surface area contributed by atoms with E-state index in [9.17, 15) is 19.5 Å². The minimum Gasteiger partial charge on any atom is -0.478 e. The van der Waals surface area contributed by atoms with Crippen molar-refractivity contribution >= 4 is 18.2 Å². The third kappa shape index (κ3) is 6.32. The molecule has 0 bridgehead atoms. The first kappa shape index (κ1) is 31.2. The lowest BCUT2D eigenvalue weighted by atomic mass is 9.90. The summed E-state index contributed by atoms with van der Waals surface area (Å²) in [5.41, 5.74) is 6.25. The van der Waals surface area contributed by atoms with Crippen LogP contribution in [-0.4, -0.2) is 57.0 Å². The normalized spacial score (nSPS) is 17.9. The van der Waals surface area contributed by atoms with Crippen molar-refractivity contribution in [1.82, 2.24) is 14.8 Å². The predicted molar refractivity (Wildman–Crippen MR) is 168 cm³/mol. The van der Waals surface area contributed by atoms with Gasteiger partial charge in [0, 0.05) is 42.0 Å². The monoisotopic (exact) mass is 601 g/mol. The molecule has 0 spiro atoms. The van der Waals surface area contributed by atoms with E-state index in [0.29, 0.717) is 36.9 Å². The predicted octanol–water partition coefficient (Wildman–Crippen LogP) is 6.93. The number of hydrogen-bond donors (Lipinski definition) is 2. The van der Waals surface area contributed by atoms with E-state index in [1.54, 1.807) is 11.8 Å². The number of amides is 2. The van der Waals surface area contributed by atoms with Gasteiger partial charge in [-0.2, -0.15) is 0 Å². The van der Waals surface area contributed by atoms with Crippen molar-refractivity contribution in [3.63, 3.8) is 0 Å². The molecule has 1 fully saturated rings. The molecule has 0 radical (unpaired) electrons. The quantitative estimate of drug-likeness (QED) is 0.304.